The monoisotopic (exact) mass is 1030 g/mol. The van der Waals surface area contributed by atoms with Crippen molar-refractivity contribution in [2.45, 2.75) is 165 Å². The summed E-state index contributed by atoms with van der Waals surface area (Å²) in [7, 11) is 7.72. The highest BCUT2D eigenvalue weighted by Gasteiger charge is 2.42. The summed E-state index contributed by atoms with van der Waals surface area (Å²) >= 11 is 5.64. The Bertz CT molecular complexity index is 1690. The molecule has 396 valence electrons. The third-order valence-corrected chi connectivity index (χ3v) is 13.2. The fraction of sp³-hybridized carbons (Fsp3) is 0.841. The van der Waals surface area contributed by atoms with Gasteiger partial charge in [-0.05, 0) is 39.5 Å². The van der Waals surface area contributed by atoms with Crippen LogP contribution in [0.25, 0.3) is 4.85 Å². The molecule has 0 saturated carbocycles. The predicted molar refractivity (Wildman–Crippen MR) is 249 cm³/mol. The molecule has 0 aromatic heterocycles. The molecule has 4 saturated heterocycles. The van der Waals surface area contributed by atoms with Gasteiger partial charge in [0.2, 0.25) is 24.3 Å². The number of carbonyl (C=O) groups is 6. The maximum absolute atomic E-state index is 12.2. The molecule has 4 N–H and O–H groups in total. The minimum absolute atomic E-state index is 0.00883. The summed E-state index contributed by atoms with van der Waals surface area (Å²) < 4.78 is 66.8. The summed E-state index contributed by atoms with van der Waals surface area (Å²) in [5.74, 6) is -1.90. The van der Waals surface area contributed by atoms with E-state index in [1.165, 1.54) is 21.1 Å². The van der Waals surface area contributed by atoms with Crippen LogP contribution in [-0.2, 0) is 96.8 Å². The third kappa shape index (κ3) is 24.0. The van der Waals surface area contributed by atoms with E-state index < -0.39 is 43.1 Å². The first-order valence-corrected chi connectivity index (χ1v) is 25.7. The van der Waals surface area contributed by atoms with Crippen LogP contribution in [0, 0.1) is 6.57 Å². The van der Waals surface area contributed by atoms with Crippen LogP contribution in [-0.4, -0.2) is 189 Å². The van der Waals surface area contributed by atoms with Crippen molar-refractivity contribution in [1.29, 1.82) is 0 Å². The maximum atomic E-state index is 12.2. The zero-order valence-electron chi connectivity index (χ0n) is 41.3. The molecule has 0 aromatic rings. The van der Waals surface area contributed by atoms with E-state index in [1.54, 1.807) is 14.2 Å². The lowest BCUT2D eigenvalue weighted by Crippen LogP contribution is -2.32. The van der Waals surface area contributed by atoms with Gasteiger partial charge >= 0.3 is 24.6 Å². The van der Waals surface area contributed by atoms with Crippen molar-refractivity contribution in [2.24, 2.45) is 0 Å². The molecule has 4 heterocycles. The number of esters is 3. The average Bonchev–Trinajstić information content (AvgIpc) is 4.06. The molecule has 13 atom stereocenters. The summed E-state index contributed by atoms with van der Waals surface area (Å²) in [5, 5.41) is 16.4. The highest BCUT2D eigenvalue weighted by molar-refractivity contribution is 8.07. The van der Waals surface area contributed by atoms with Crippen molar-refractivity contribution in [1.82, 2.24) is 16.0 Å². The fourth-order valence-corrected chi connectivity index (χ4v) is 9.55. The Hall–Kier alpha value is -3.44. The van der Waals surface area contributed by atoms with Crippen LogP contribution in [0.3, 0.4) is 0 Å². The molecular formula is C44H75N4O19PS. The van der Waals surface area contributed by atoms with Crippen molar-refractivity contribution in [3.05, 3.63) is 11.4 Å². The quantitative estimate of drug-likeness (QED) is 0.0334. The van der Waals surface area contributed by atoms with E-state index in [-0.39, 0.29) is 137 Å². The number of rotatable bonds is 25. The standard InChI is InChI=1S/C21H35N2O9PS.C12H21NO5.C11H19NO5/c1-14-10-16(31-21(25)7-6-20(24)23-4)19(30-14)13-28-33(34,27-9-8-22-3)32-17-11-15(2)29-18(17)12-26-5;1-8-6-9(10(17-8)7-16-3)18-12(15)5-4-11(14)13-2;1-7-5-8(9(6-13)16-7)17-11(15)4-3-10(14)12-2/h14-19H,6-13H2,1-2,4-5H3,(H,23,24);8-10H,4-7H2,1-3H3,(H,13,14);7-9,13H,3-6H2,1-2H3,(H,12,14). The third-order valence-electron chi connectivity index (χ3n) is 10.9. The van der Waals surface area contributed by atoms with Gasteiger partial charge in [-0.2, -0.15) is 0 Å². The summed E-state index contributed by atoms with van der Waals surface area (Å²) in [4.78, 5) is 71.8. The highest BCUT2D eigenvalue weighted by atomic mass is 32.5. The van der Waals surface area contributed by atoms with Crippen LogP contribution < -0.4 is 16.0 Å². The summed E-state index contributed by atoms with van der Waals surface area (Å²) in [6, 6.07) is 0. The second kappa shape index (κ2) is 33.3. The van der Waals surface area contributed by atoms with E-state index in [2.05, 4.69) is 20.8 Å². The molecule has 13 unspecified atom stereocenters. The van der Waals surface area contributed by atoms with Gasteiger partial charge in [0.05, 0.1) is 76.2 Å². The molecule has 3 amide bonds. The molecule has 4 aliphatic heterocycles. The Morgan fingerprint density at radius 1 is 0.580 bits per heavy atom. The van der Waals surface area contributed by atoms with E-state index in [4.69, 9.17) is 79.7 Å². The van der Waals surface area contributed by atoms with Gasteiger partial charge in [0.1, 0.15) is 49.3 Å². The van der Waals surface area contributed by atoms with Gasteiger partial charge in [-0.15, -0.1) is 0 Å². The van der Waals surface area contributed by atoms with E-state index in [0.29, 0.717) is 38.9 Å². The van der Waals surface area contributed by atoms with Gasteiger partial charge in [0, 0.05) is 80.3 Å². The molecule has 0 aromatic carbocycles. The number of hydrogen-bond acceptors (Lipinski definition) is 20. The van der Waals surface area contributed by atoms with Gasteiger partial charge in [-0.25, -0.2) is 6.57 Å². The molecular weight excluding hydrogens is 952 g/mol. The highest BCUT2D eigenvalue weighted by Crippen LogP contribution is 2.53. The lowest BCUT2D eigenvalue weighted by molar-refractivity contribution is -0.154. The van der Waals surface area contributed by atoms with Crippen LogP contribution >= 0.6 is 6.72 Å². The Morgan fingerprint density at radius 3 is 1.29 bits per heavy atom. The van der Waals surface area contributed by atoms with Gasteiger partial charge < -0.3 is 82.1 Å². The molecule has 4 fully saturated rings. The van der Waals surface area contributed by atoms with E-state index >= 15 is 0 Å². The lowest BCUT2D eigenvalue weighted by atomic mass is 10.1. The summed E-state index contributed by atoms with van der Waals surface area (Å²) in [5.41, 5.74) is 0. The Morgan fingerprint density at radius 2 is 0.928 bits per heavy atom. The molecule has 25 heteroatoms. The number of carbonyl (C=O) groups excluding carboxylic acids is 6. The summed E-state index contributed by atoms with van der Waals surface area (Å²) in [6.45, 7) is 12.1. The fourth-order valence-electron chi connectivity index (χ4n) is 7.43. The Kier molecular flexibility index (Phi) is 29.7. The van der Waals surface area contributed by atoms with Crippen molar-refractivity contribution in [3.63, 3.8) is 0 Å². The van der Waals surface area contributed by atoms with Crippen molar-refractivity contribution < 1.29 is 90.1 Å². The molecule has 0 spiro atoms. The molecule has 0 radical (unpaired) electrons. The smallest absolute Gasteiger partial charge is 0.327 e. The number of nitrogens with one attached hydrogen (secondary N) is 3. The van der Waals surface area contributed by atoms with Crippen molar-refractivity contribution in [3.8, 4) is 0 Å². The van der Waals surface area contributed by atoms with Crippen LogP contribution in [0.4, 0.5) is 0 Å². The number of ether oxygens (including phenoxy) is 9. The topological polar surface area (TPSA) is 274 Å². The zero-order valence-corrected chi connectivity index (χ0v) is 43.1. The lowest BCUT2D eigenvalue weighted by Gasteiger charge is -2.28. The van der Waals surface area contributed by atoms with Crippen LogP contribution in [0.5, 0.6) is 0 Å². The molecule has 0 aliphatic carbocycles. The second-order valence-electron chi connectivity index (χ2n) is 16.7. The minimum Gasteiger partial charge on any atom is -0.459 e. The first kappa shape index (κ1) is 61.7. The molecule has 69 heavy (non-hydrogen) atoms. The van der Waals surface area contributed by atoms with Crippen LogP contribution in [0.1, 0.15) is 91.9 Å². The minimum atomic E-state index is -3.27. The number of hydrogen-bond donors (Lipinski definition) is 4. The number of aliphatic hydroxyl groups is 1. The number of aliphatic hydroxyl groups excluding tert-OH is 1. The first-order valence-electron chi connectivity index (χ1n) is 23.1. The first-order chi connectivity index (χ1) is 32.8. The SMILES string of the molecule is CNC(=O)CCC(=O)OC1CC(C)OC1CO.CNC(=O)CCC(=O)OC1CC(C)OC1COC.[C-]#[N+]CCOP(=S)(OCC1OC(C)CC1OC(=O)CCC(=O)NC)OC1CC(C)OC1COC. The van der Waals surface area contributed by atoms with E-state index in [1.807, 2.05) is 27.7 Å². The normalized spacial score (nSPS) is 28.9. The van der Waals surface area contributed by atoms with Crippen LogP contribution in [0.2, 0.25) is 0 Å². The largest absolute Gasteiger partial charge is 0.459 e. The molecule has 0 bridgehead atoms. The number of amides is 3. The van der Waals surface area contributed by atoms with Crippen molar-refractivity contribution in [2.75, 3.05) is 74.9 Å². The molecule has 23 nitrogen and oxygen atoms in total. The number of nitrogens with zero attached hydrogens (tertiary/aromatic N) is 1. The van der Waals surface area contributed by atoms with Gasteiger partial charge in [0.25, 0.3) is 0 Å². The Labute approximate surface area is 410 Å². The predicted octanol–water partition coefficient (Wildman–Crippen LogP) is 1.83. The van der Waals surface area contributed by atoms with E-state index in [0.717, 1.165) is 0 Å². The second-order valence-corrected chi connectivity index (χ2v) is 19.6. The van der Waals surface area contributed by atoms with Crippen molar-refractivity contribution >= 4 is 54.2 Å². The maximum Gasteiger partial charge on any atom is 0.327 e. The van der Waals surface area contributed by atoms with Gasteiger partial charge in [-0.1, -0.05) is 0 Å². The number of methoxy groups -OCH3 is 2. The average molecular weight is 1030 g/mol. The van der Waals surface area contributed by atoms with Gasteiger partial charge in [0.15, 0.2) is 0 Å². The van der Waals surface area contributed by atoms with Gasteiger partial charge in [-0.3, -0.25) is 28.8 Å². The van der Waals surface area contributed by atoms with Crippen LogP contribution in [0.15, 0.2) is 0 Å². The molecule has 4 aliphatic rings. The van der Waals surface area contributed by atoms with E-state index in [9.17, 15) is 28.8 Å². The Balaban J connectivity index is 0.000000392. The molecule has 4 rings (SSSR count). The summed E-state index contributed by atoms with van der Waals surface area (Å²) in [6.07, 6.45) is -0.557. The zero-order chi connectivity index (χ0) is 51.5.